The maximum absolute atomic E-state index is 10.5. The fraction of sp³-hybridized carbons (Fsp3) is 0. The number of non-ortho nitro benzene ring substituents is 1. The molecule has 5 nitrogen and oxygen atoms in total. The fourth-order valence-electron chi connectivity index (χ4n) is 1.05. The first kappa shape index (κ1) is 8.42. The normalized spacial score (nSPS) is 10.5. The van der Waals surface area contributed by atoms with Crippen LogP contribution < -0.4 is 0 Å². The van der Waals surface area contributed by atoms with E-state index in [0.29, 0.717) is 15.0 Å². The summed E-state index contributed by atoms with van der Waals surface area (Å²) in [6, 6.07) is 4.63. The van der Waals surface area contributed by atoms with Crippen LogP contribution in [0.3, 0.4) is 0 Å². The number of hydrogen-bond acceptors (Lipinski definition) is 4. The summed E-state index contributed by atoms with van der Waals surface area (Å²) < 4.78 is 5.53. The van der Waals surface area contributed by atoms with E-state index in [-0.39, 0.29) is 5.69 Å². The largest absolute Gasteiger partial charge is 0.432 e. The summed E-state index contributed by atoms with van der Waals surface area (Å²) >= 11 is 1.87. The Labute approximate surface area is 86.0 Å². The molecular weight excluding hydrogens is 287 g/mol. The van der Waals surface area contributed by atoms with Crippen LogP contribution >= 0.6 is 22.6 Å². The molecule has 0 amide bonds. The molecule has 0 fully saturated rings. The molecule has 0 saturated heterocycles. The van der Waals surface area contributed by atoms with Crippen molar-refractivity contribution in [1.82, 2.24) is 4.98 Å². The highest BCUT2D eigenvalue weighted by molar-refractivity contribution is 14.1. The van der Waals surface area contributed by atoms with E-state index in [1.54, 1.807) is 12.1 Å². The third kappa shape index (κ3) is 1.37. The molecule has 0 spiro atoms. The van der Waals surface area contributed by atoms with Gasteiger partial charge in [-0.2, -0.15) is 4.98 Å². The van der Waals surface area contributed by atoms with Crippen molar-refractivity contribution < 1.29 is 9.34 Å². The van der Waals surface area contributed by atoms with Crippen molar-refractivity contribution in [3.8, 4) is 0 Å². The van der Waals surface area contributed by atoms with E-state index in [2.05, 4.69) is 4.98 Å². The van der Waals surface area contributed by atoms with E-state index >= 15 is 0 Å². The van der Waals surface area contributed by atoms with Crippen molar-refractivity contribution in [2.45, 2.75) is 0 Å². The van der Waals surface area contributed by atoms with E-state index < -0.39 is 4.92 Å². The Hall–Kier alpha value is -1.18. The molecule has 0 bridgehead atoms. The number of nitro benzene ring substituents is 1. The van der Waals surface area contributed by atoms with Crippen LogP contribution in [0.15, 0.2) is 22.6 Å². The van der Waals surface area contributed by atoms with Gasteiger partial charge in [-0.1, -0.05) is 6.07 Å². The lowest BCUT2D eigenvalue weighted by Crippen LogP contribution is -1.88. The molecule has 1 heterocycles. The van der Waals surface area contributed by atoms with Crippen LogP contribution in [0.25, 0.3) is 11.1 Å². The molecule has 0 saturated carbocycles. The van der Waals surface area contributed by atoms with Crippen molar-refractivity contribution in [1.29, 1.82) is 0 Å². The van der Waals surface area contributed by atoms with Crippen molar-refractivity contribution in [2.24, 2.45) is 0 Å². The molecule has 0 unspecified atom stereocenters. The predicted octanol–water partition coefficient (Wildman–Crippen LogP) is 2.34. The highest BCUT2D eigenvalue weighted by Gasteiger charge is 2.15. The van der Waals surface area contributed by atoms with Gasteiger partial charge < -0.3 is 4.42 Å². The Morgan fingerprint density at radius 1 is 1.54 bits per heavy atom. The van der Waals surface area contributed by atoms with Crippen LogP contribution in [0.4, 0.5) is 5.69 Å². The molecule has 2 aromatic rings. The zero-order valence-corrected chi connectivity index (χ0v) is 8.39. The van der Waals surface area contributed by atoms with E-state index in [9.17, 15) is 10.1 Å². The van der Waals surface area contributed by atoms with E-state index in [1.807, 2.05) is 22.6 Å². The monoisotopic (exact) mass is 290 g/mol. The van der Waals surface area contributed by atoms with Gasteiger partial charge in [-0.3, -0.25) is 10.1 Å². The molecule has 0 radical (unpaired) electrons. The standard InChI is InChI=1S/C7H3IN2O3/c8-7-9-6-4(10(11)12)2-1-3-5(6)13-7/h1-3H. The summed E-state index contributed by atoms with van der Waals surface area (Å²) in [5, 5.41) is 10.5. The van der Waals surface area contributed by atoms with Crippen molar-refractivity contribution in [3.63, 3.8) is 0 Å². The lowest BCUT2D eigenvalue weighted by Gasteiger charge is -1.88. The van der Waals surface area contributed by atoms with E-state index in [4.69, 9.17) is 4.42 Å². The van der Waals surface area contributed by atoms with Crippen molar-refractivity contribution in [3.05, 3.63) is 32.2 Å². The Kier molecular flexibility index (Phi) is 1.91. The number of oxazole rings is 1. The Morgan fingerprint density at radius 3 is 3.00 bits per heavy atom. The maximum atomic E-state index is 10.5. The molecule has 0 aliphatic carbocycles. The van der Waals surface area contributed by atoms with Gasteiger partial charge in [0, 0.05) is 28.7 Å². The number of nitro groups is 1. The number of hydrogen-bond donors (Lipinski definition) is 0. The lowest BCUT2D eigenvalue weighted by atomic mass is 10.3. The molecule has 0 aliphatic rings. The number of benzene rings is 1. The fourth-order valence-corrected chi connectivity index (χ4v) is 1.53. The van der Waals surface area contributed by atoms with Gasteiger partial charge in [-0.25, -0.2) is 0 Å². The first-order valence-electron chi connectivity index (χ1n) is 3.38. The van der Waals surface area contributed by atoms with Gasteiger partial charge in [0.15, 0.2) is 11.1 Å². The summed E-state index contributed by atoms with van der Waals surface area (Å²) in [7, 11) is 0. The van der Waals surface area contributed by atoms with Crippen LogP contribution in [0.5, 0.6) is 0 Å². The first-order chi connectivity index (χ1) is 6.18. The van der Waals surface area contributed by atoms with Crippen molar-refractivity contribution in [2.75, 3.05) is 0 Å². The summed E-state index contributed by atoms with van der Waals surface area (Å²) in [5.74, 6) is 0. The summed E-state index contributed by atoms with van der Waals surface area (Å²) in [5.41, 5.74) is 0.722. The number of fused-ring (bicyclic) bond motifs is 1. The minimum Gasteiger partial charge on any atom is -0.432 e. The molecular formula is C7H3IN2O3. The van der Waals surface area contributed by atoms with E-state index in [0.717, 1.165) is 0 Å². The number of para-hydroxylation sites is 1. The Morgan fingerprint density at radius 2 is 2.31 bits per heavy atom. The van der Waals surface area contributed by atoms with Gasteiger partial charge in [-0.15, -0.1) is 0 Å². The van der Waals surface area contributed by atoms with E-state index in [1.165, 1.54) is 6.07 Å². The van der Waals surface area contributed by atoms with Crippen LogP contribution in [-0.2, 0) is 0 Å². The second-order valence-corrected chi connectivity index (χ2v) is 3.27. The number of nitrogens with zero attached hydrogens (tertiary/aromatic N) is 2. The van der Waals surface area contributed by atoms with Gasteiger partial charge in [0.1, 0.15) is 0 Å². The van der Waals surface area contributed by atoms with Gasteiger partial charge in [0.05, 0.1) is 4.92 Å². The average Bonchev–Trinajstić information content (AvgIpc) is 2.43. The van der Waals surface area contributed by atoms with Crippen LogP contribution in [0, 0.1) is 14.0 Å². The molecule has 13 heavy (non-hydrogen) atoms. The quantitative estimate of drug-likeness (QED) is 0.459. The topological polar surface area (TPSA) is 69.2 Å². The molecule has 0 atom stereocenters. The van der Waals surface area contributed by atoms with Crippen LogP contribution in [-0.4, -0.2) is 9.91 Å². The molecule has 0 N–H and O–H groups in total. The molecule has 66 valence electrons. The number of rotatable bonds is 1. The lowest BCUT2D eigenvalue weighted by molar-refractivity contribution is -0.383. The predicted molar refractivity (Wildman–Crippen MR) is 53.4 cm³/mol. The number of halogens is 1. The first-order valence-corrected chi connectivity index (χ1v) is 4.46. The highest BCUT2D eigenvalue weighted by Crippen LogP contribution is 2.25. The second kappa shape index (κ2) is 2.95. The second-order valence-electron chi connectivity index (χ2n) is 2.35. The molecule has 1 aromatic carbocycles. The number of aromatic nitrogens is 1. The Balaban J connectivity index is 2.82. The van der Waals surface area contributed by atoms with Crippen LogP contribution in [0.2, 0.25) is 0 Å². The molecule has 0 aliphatic heterocycles. The van der Waals surface area contributed by atoms with Crippen LogP contribution in [0.1, 0.15) is 0 Å². The molecule has 2 rings (SSSR count). The molecule has 6 heteroatoms. The average molecular weight is 290 g/mol. The minimum atomic E-state index is -0.471. The minimum absolute atomic E-state index is 0.0239. The smallest absolute Gasteiger partial charge is 0.298 e. The summed E-state index contributed by atoms with van der Waals surface area (Å²) in [6.45, 7) is 0. The Bertz CT molecular complexity index is 480. The van der Waals surface area contributed by atoms with Gasteiger partial charge in [0.25, 0.3) is 9.58 Å². The highest BCUT2D eigenvalue weighted by atomic mass is 127. The SMILES string of the molecule is O=[N+]([O-])c1cccc2oc(I)nc12. The van der Waals surface area contributed by atoms with Crippen molar-refractivity contribution >= 4 is 39.4 Å². The van der Waals surface area contributed by atoms with Gasteiger partial charge >= 0.3 is 0 Å². The van der Waals surface area contributed by atoms with Gasteiger partial charge in [0.2, 0.25) is 0 Å². The maximum Gasteiger partial charge on any atom is 0.298 e. The summed E-state index contributed by atoms with van der Waals surface area (Å²) in [6.07, 6.45) is 0. The van der Waals surface area contributed by atoms with Gasteiger partial charge in [-0.05, 0) is 6.07 Å². The third-order valence-corrected chi connectivity index (χ3v) is 2.03. The third-order valence-electron chi connectivity index (χ3n) is 1.57. The summed E-state index contributed by atoms with van der Waals surface area (Å²) in [4.78, 5) is 14.0. The molecule has 1 aromatic heterocycles. The zero-order valence-electron chi connectivity index (χ0n) is 6.23. The zero-order chi connectivity index (χ0) is 9.42.